The van der Waals surface area contributed by atoms with Crippen LogP contribution in [0, 0.1) is 5.92 Å². The van der Waals surface area contributed by atoms with Crippen molar-refractivity contribution < 1.29 is 14.3 Å². The zero-order valence-electron chi connectivity index (χ0n) is 11.4. The summed E-state index contributed by atoms with van der Waals surface area (Å²) >= 11 is 0. The zero-order valence-corrected chi connectivity index (χ0v) is 11.4. The second kappa shape index (κ2) is 5.91. The molecule has 2 rings (SSSR count). The van der Waals surface area contributed by atoms with Crippen LogP contribution in [0.25, 0.3) is 0 Å². The van der Waals surface area contributed by atoms with Gasteiger partial charge in [-0.25, -0.2) is 9.78 Å². The molecule has 0 aromatic carbocycles. The molecule has 0 atom stereocenters. The minimum absolute atomic E-state index is 0.121. The van der Waals surface area contributed by atoms with E-state index in [1.54, 1.807) is 6.07 Å². The third-order valence-electron chi connectivity index (χ3n) is 3.52. The number of nitrogen functional groups attached to an aromatic ring is 1. The lowest BCUT2D eigenvalue weighted by molar-refractivity contribution is 0.0586. The Kier molecular flexibility index (Phi) is 4.24. The van der Waals surface area contributed by atoms with Crippen LogP contribution in [0.5, 0.6) is 5.88 Å². The summed E-state index contributed by atoms with van der Waals surface area (Å²) in [5.74, 6) is 0.596. The standard InChI is InChI=1S/C14H20N2O3/c1-9-3-5-11(6-4-9)19-13-12(14(17)18-2)7-10(15)8-16-13/h7-9,11H,3-6,15H2,1-2H3. The molecule has 0 saturated heterocycles. The number of ether oxygens (including phenoxy) is 2. The maximum absolute atomic E-state index is 11.7. The van der Waals surface area contributed by atoms with E-state index in [0.717, 1.165) is 31.6 Å². The normalized spacial score (nSPS) is 22.8. The van der Waals surface area contributed by atoms with E-state index in [-0.39, 0.29) is 6.10 Å². The molecule has 2 N–H and O–H groups in total. The molecule has 1 aliphatic carbocycles. The van der Waals surface area contributed by atoms with E-state index < -0.39 is 5.97 Å². The van der Waals surface area contributed by atoms with E-state index in [0.29, 0.717) is 17.1 Å². The summed E-state index contributed by atoms with van der Waals surface area (Å²) in [7, 11) is 1.33. The molecule has 0 radical (unpaired) electrons. The molecule has 1 aromatic heterocycles. The first kappa shape index (κ1) is 13.6. The molecule has 1 aromatic rings. The summed E-state index contributed by atoms with van der Waals surface area (Å²) in [5, 5.41) is 0. The number of nitrogens with two attached hydrogens (primary N) is 1. The Labute approximate surface area is 113 Å². The minimum Gasteiger partial charge on any atom is -0.474 e. The van der Waals surface area contributed by atoms with Crippen LogP contribution in [-0.2, 0) is 4.74 Å². The molecule has 1 fully saturated rings. The Morgan fingerprint density at radius 3 is 2.68 bits per heavy atom. The Bertz CT molecular complexity index is 454. The number of methoxy groups -OCH3 is 1. The number of carbonyl (C=O) groups excluding carboxylic acids is 1. The molecule has 5 nitrogen and oxygen atoms in total. The number of rotatable bonds is 3. The Morgan fingerprint density at radius 2 is 2.05 bits per heavy atom. The summed E-state index contributed by atoms with van der Waals surface area (Å²) < 4.78 is 10.6. The van der Waals surface area contributed by atoms with Crippen LogP contribution in [0.4, 0.5) is 5.69 Å². The van der Waals surface area contributed by atoms with Gasteiger partial charge in [0, 0.05) is 0 Å². The summed E-state index contributed by atoms with van der Waals surface area (Å²) in [6.45, 7) is 2.25. The quantitative estimate of drug-likeness (QED) is 0.848. The SMILES string of the molecule is COC(=O)c1cc(N)cnc1OC1CCC(C)CC1. The number of aromatic nitrogens is 1. The molecule has 19 heavy (non-hydrogen) atoms. The number of hydrogen-bond acceptors (Lipinski definition) is 5. The van der Waals surface area contributed by atoms with Gasteiger partial charge in [-0.3, -0.25) is 0 Å². The minimum atomic E-state index is -0.473. The predicted octanol–water partition coefficient (Wildman–Crippen LogP) is 2.41. The number of hydrogen-bond donors (Lipinski definition) is 1. The lowest BCUT2D eigenvalue weighted by atomic mass is 9.89. The van der Waals surface area contributed by atoms with Crippen molar-refractivity contribution in [2.24, 2.45) is 5.92 Å². The first-order valence-corrected chi connectivity index (χ1v) is 6.60. The van der Waals surface area contributed by atoms with Crippen molar-refractivity contribution >= 4 is 11.7 Å². The fraction of sp³-hybridized carbons (Fsp3) is 0.571. The van der Waals surface area contributed by atoms with Gasteiger partial charge in [-0.2, -0.15) is 0 Å². The second-order valence-electron chi connectivity index (χ2n) is 5.11. The van der Waals surface area contributed by atoms with Gasteiger partial charge in [0.15, 0.2) is 0 Å². The molecular weight excluding hydrogens is 244 g/mol. The van der Waals surface area contributed by atoms with Crippen molar-refractivity contribution in [3.05, 3.63) is 17.8 Å². The molecule has 0 amide bonds. The van der Waals surface area contributed by atoms with E-state index in [2.05, 4.69) is 11.9 Å². The van der Waals surface area contributed by atoms with Gasteiger partial charge in [-0.05, 0) is 37.7 Å². The molecule has 1 saturated carbocycles. The molecule has 0 unspecified atom stereocenters. The van der Waals surface area contributed by atoms with Crippen molar-refractivity contribution in [1.29, 1.82) is 0 Å². The molecule has 0 spiro atoms. The van der Waals surface area contributed by atoms with Gasteiger partial charge < -0.3 is 15.2 Å². The van der Waals surface area contributed by atoms with E-state index >= 15 is 0 Å². The van der Waals surface area contributed by atoms with Crippen LogP contribution >= 0.6 is 0 Å². The largest absolute Gasteiger partial charge is 0.474 e. The molecule has 0 aliphatic heterocycles. The fourth-order valence-corrected chi connectivity index (χ4v) is 2.32. The molecule has 0 bridgehead atoms. The second-order valence-corrected chi connectivity index (χ2v) is 5.11. The zero-order chi connectivity index (χ0) is 13.8. The topological polar surface area (TPSA) is 74.4 Å². The summed E-state index contributed by atoms with van der Waals surface area (Å²) in [6.07, 6.45) is 5.89. The fourth-order valence-electron chi connectivity index (χ4n) is 2.32. The number of carbonyl (C=O) groups is 1. The first-order chi connectivity index (χ1) is 9.10. The van der Waals surface area contributed by atoms with Crippen LogP contribution in [0.2, 0.25) is 0 Å². The molecule has 5 heteroatoms. The van der Waals surface area contributed by atoms with Crippen LogP contribution < -0.4 is 10.5 Å². The highest BCUT2D eigenvalue weighted by molar-refractivity contribution is 5.92. The van der Waals surface area contributed by atoms with Crippen LogP contribution in [-0.4, -0.2) is 24.2 Å². The summed E-state index contributed by atoms with van der Waals surface area (Å²) in [4.78, 5) is 15.8. The Morgan fingerprint density at radius 1 is 1.37 bits per heavy atom. The summed E-state index contributed by atoms with van der Waals surface area (Å²) in [5.41, 5.74) is 6.36. The van der Waals surface area contributed by atoms with Crippen LogP contribution in [0.1, 0.15) is 43.0 Å². The molecule has 1 aliphatic rings. The maximum atomic E-state index is 11.7. The van der Waals surface area contributed by atoms with E-state index in [4.69, 9.17) is 15.2 Å². The Balaban J connectivity index is 2.13. The Hall–Kier alpha value is -1.78. The van der Waals surface area contributed by atoms with E-state index in [9.17, 15) is 4.79 Å². The van der Waals surface area contributed by atoms with Crippen LogP contribution in [0.15, 0.2) is 12.3 Å². The average Bonchev–Trinajstić information content (AvgIpc) is 2.42. The van der Waals surface area contributed by atoms with Crippen molar-refractivity contribution in [2.45, 2.75) is 38.7 Å². The molecule has 1 heterocycles. The monoisotopic (exact) mass is 264 g/mol. The van der Waals surface area contributed by atoms with E-state index in [1.165, 1.54) is 13.3 Å². The third kappa shape index (κ3) is 3.36. The predicted molar refractivity (Wildman–Crippen MR) is 72.0 cm³/mol. The van der Waals surface area contributed by atoms with Gasteiger partial charge in [0.25, 0.3) is 0 Å². The maximum Gasteiger partial charge on any atom is 0.343 e. The number of esters is 1. The van der Waals surface area contributed by atoms with Crippen molar-refractivity contribution in [3.63, 3.8) is 0 Å². The van der Waals surface area contributed by atoms with Gasteiger partial charge in [0.2, 0.25) is 5.88 Å². The van der Waals surface area contributed by atoms with E-state index in [1.807, 2.05) is 0 Å². The molecular formula is C14H20N2O3. The van der Waals surface area contributed by atoms with Crippen LogP contribution in [0.3, 0.4) is 0 Å². The lowest BCUT2D eigenvalue weighted by Gasteiger charge is -2.26. The number of anilines is 1. The van der Waals surface area contributed by atoms with Gasteiger partial charge >= 0.3 is 5.97 Å². The highest BCUT2D eigenvalue weighted by atomic mass is 16.5. The van der Waals surface area contributed by atoms with Gasteiger partial charge in [-0.1, -0.05) is 6.92 Å². The highest BCUT2D eigenvalue weighted by Crippen LogP contribution is 2.28. The first-order valence-electron chi connectivity index (χ1n) is 6.60. The highest BCUT2D eigenvalue weighted by Gasteiger charge is 2.23. The third-order valence-corrected chi connectivity index (χ3v) is 3.52. The average molecular weight is 264 g/mol. The summed E-state index contributed by atoms with van der Waals surface area (Å²) in [6, 6.07) is 1.54. The van der Waals surface area contributed by atoms with Gasteiger partial charge in [-0.15, -0.1) is 0 Å². The smallest absolute Gasteiger partial charge is 0.343 e. The van der Waals surface area contributed by atoms with Gasteiger partial charge in [0.05, 0.1) is 19.0 Å². The molecule has 104 valence electrons. The van der Waals surface area contributed by atoms with Gasteiger partial charge in [0.1, 0.15) is 11.7 Å². The lowest BCUT2D eigenvalue weighted by Crippen LogP contribution is -2.24. The number of nitrogens with zero attached hydrogens (tertiary/aromatic N) is 1. The van der Waals surface area contributed by atoms with Crippen molar-refractivity contribution in [3.8, 4) is 5.88 Å². The number of pyridine rings is 1. The van der Waals surface area contributed by atoms with Crippen molar-refractivity contribution in [1.82, 2.24) is 4.98 Å². The van der Waals surface area contributed by atoms with Crippen molar-refractivity contribution in [2.75, 3.05) is 12.8 Å².